The monoisotopic (exact) mass is 250 g/mol. The second-order valence-corrected chi connectivity index (χ2v) is 5.57. The smallest absolute Gasteiger partial charge is 0.158 e. The molecular formula is C12H26O3S. The topological polar surface area (TPSA) is 35.5 Å². The van der Waals surface area contributed by atoms with Crippen molar-refractivity contribution in [3.8, 4) is 0 Å². The van der Waals surface area contributed by atoms with Crippen LogP contribution in [0.4, 0.5) is 0 Å². The summed E-state index contributed by atoms with van der Waals surface area (Å²) in [6, 6.07) is 0. The van der Waals surface area contributed by atoms with E-state index in [1.165, 1.54) is 0 Å². The van der Waals surface area contributed by atoms with Gasteiger partial charge in [-0.15, -0.1) is 0 Å². The molecule has 0 aromatic rings. The minimum atomic E-state index is -0.738. The van der Waals surface area contributed by atoms with Crippen molar-refractivity contribution in [1.29, 1.82) is 0 Å². The molecule has 98 valence electrons. The van der Waals surface area contributed by atoms with Gasteiger partial charge in [0.1, 0.15) is 0 Å². The largest absolute Gasteiger partial charge is 0.353 e. The molecule has 0 fully saturated rings. The standard InChI is InChI=1S/C12H26O3S/c1-5-11(4)10-16(13)9-8-12(14-6-2)15-7-3/h11-12H,5-10H2,1-4H3. The van der Waals surface area contributed by atoms with Crippen LogP contribution in [0.1, 0.15) is 40.5 Å². The lowest BCUT2D eigenvalue weighted by atomic mass is 10.2. The van der Waals surface area contributed by atoms with Crippen LogP contribution >= 0.6 is 0 Å². The van der Waals surface area contributed by atoms with Crippen LogP contribution in [0.15, 0.2) is 0 Å². The third kappa shape index (κ3) is 8.25. The maximum absolute atomic E-state index is 11.7. The van der Waals surface area contributed by atoms with Gasteiger partial charge in [-0.3, -0.25) is 4.21 Å². The van der Waals surface area contributed by atoms with Gasteiger partial charge in [0.05, 0.1) is 0 Å². The molecule has 0 rings (SSSR count). The first-order chi connectivity index (χ1) is 7.63. The lowest BCUT2D eigenvalue weighted by Gasteiger charge is -2.17. The molecule has 0 saturated heterocycles. The van der Waals surface area contributed by atoms with Gasteiger partial charge in [-0.1, -0.05) is 20.3 Å². The maximum atomic E-state index is 11.7. The summed E-state index contributed by atoms with van der Waals surface area (Å²) in [5.74, 6) is 2.01. The van der Waals surface area contributed by atoms with Gasteiger partial charge in [-0.25, -0.2) is 0 Å². The number of rotatable bonds is 10. The van der Waals surface area contributed by atoms with Crippen molar-refractivity contribution >= 4 is 10.8 Å². The highest BCUT2D eigenvalue weighted by Gasteiger charge is 2.11. The van der Waals surface area contributed by atoms with Crippen LogP contribution in [-0.2, 0) is 20.3 Å². The van der Waals surface area contributed by atoms with Crippen LogP contribution in [0.3, 0.4) is 0 Å². The summed E-state index contributed by atoms with van der Waals surface area (Å²) in [7, 11) is -0.738. The van der Waals surface area contributed by atoms with Gasteiger partial charge in [-0.2, -0.15) is 0 Å². The van der Waals surface area contributed by atoms with E-state index in [0.717, 1.165) is 18.6 Å². The average molecular weight is 250 g/mol. The van der Waals surface area contributed by atoms with Crippen LogP contribution in [-0.4, -0.2) is 35.2 Å². The Labute approximate surface area is 102 Å². The fourth-order valence-electron chi connectivity index (χ4n) is 1.33. The van der Waals surface area contributed by atoms with Crippen LogP contribution in [0, 0.1) is 5.92 Å². The molecule has 2 unspecified atom stereocenters. The van der Waals surface area contributed by atoms with E-state index in [-0.39, 0.29) is 6.29 Å². The lowest BCUT2D eigenvalue weighted by molar-refractivity contribution is -0.136. The van der Waals surface area contributed by atoms with E-state index < -0.39 is 10.8 Å². The zero-order chi connectivity index (χ0) is 12.4. The molecule has 0 aromatic carbocycles. The molecule has 0 spiro atoms. The first-order valence-corrected chi connectivity index (χ1v) is 7.70. The third-order valence-corrected chi connectivity index (χ3v) is 4.09. The van der Waals surface area contributed by atoms with E-state index in [9.17, 15) is 4.21 Å². The predicted octanol–water partition coefficient (Wildman–Crippen LogP) is 2.57. The van der Waals surface area contributed by atoms with Crippen molar-refractivity contribution < 1.29 is 13.7 Å². The summed E-state index contributed by atoms with van der Waals surface area (Å²) >= 11 is 0. The zero-order valence-corrected chi connectivity index (χ0v) is 11.8. The molecule has 2 atom stereocenters. The second kappa shape index (κ2) is 10.2. The molecule has 0 heterocycles. The number of ether oxygens (including phenoxy) is 2. The number of hydrogen-bond acceptors (Lipinski definition) is 3. The second-order valence-electron chi connectivity index (χ2n) is 3.95. The van der Waals surface area contributed by atoms with Crippen LogP contribution < -0.4 is 0 Å². The molecular weight excluding hydrogens is 224 g/mol. The summed E-state index contributed by atoms with van der Waals surface area (Å²) < 4.78 is 22.5. The number of hydrogen-bond donors (Lipinski definition) is 0. The van der Waals surface area contributed by atoms with Crippen molar-refractivity contribution in [2.75, 3.05) is 24.7 Å². The molecule has 0 N–H and O–H groups in total. The van der Waals surface area contributed by atoms with E-state index in [1.54, 1.807) is 0 Å². The molecule has 0 bridgehead atoms. The van der Waals surface area contributed by atoms with Crippen molar-refractivity contribution in [1.82, 2.24) is 0 Å². The van der Waals surface area contributed by atoms with Crippen molar-refractivity contribution in [2.24, 2.45) is 5.92 Å². The Hall–Kier alpha value is 0.0700. The van der Waals surface area contributed by atoms with Crippen LogP contribution in [0.25, 0.3) is 0 Å². The summed E-state index contributed by atoms with van der Waals surface area (Å²) in [6.45, 7) is 9.45. The minimum Gasteiger partial charge on any atom is -0.353 e. The summed E-state index contributed by atoms with van der Waals surface area (Å²) in [5.41, 5.74) is 0. The van der Waals surface area contributed by atoms with Gasteiger partial charge in [0.15, 0.2) is 6.29 Å². The molecule has 0 aliphatic carbocycles. The molecule has 0 aliphatic heterocycles. The van der Waals surface area contributed by atoms with Gasteiger partial charge in [-0.05, 0) is 19.8 Å². The normalized spacial score (nSPS) is 15.3. The predicted molar refractivity (Wildman–Crippen MR) is 69.0 cm³/mol. The van der Waals surface area contributed by atoms with Crippen LogP contribution in [0.2, 0.25) is 0 Å². The van der Waals surface area contributed by atoms with Crippen molar-refractivity contribution in [3.05, 3.63) is 0 Å². The SMILES string of the molecule is CCOC(CCS(=O)CC(C)CC)OCC. The molecule has 0 aromatic heterocycles. The van der Waals surface area contributed by atoms with Gasteiger partial charge < -0.3 is 9.47 Å². The first-order valence-electron chi connectivity index (χ1n) is 6.22. The van der Waals surface area contributed by atoms with E-state index in [1.807, 2.05) is 13.8 Å². The van der Waals surface area contributed by atoms with E-state index in [0.29, 0.717) is 24.9 Å². The molecule has 4 heteroatoms. The highest BCUT2D eigenvalue weighted by Crippen LogP contribution is 2.07. The Kier molecular flexibility index (Phi) is 10.3. The van der Waals surface area contributed by atoms with Crippen LogP contribution in [0.5, 0.6) is 0 Å². The molecule has 16 heavy (non-hydrogen) atoms. The molecule has 0 radical (unpaired) electrons. The van der Waals surface area contributed by atoms with Gasteiger partial charge in [0, 0.05) is 41.9 Å². The average Bonchev–Trinajstić information content (AvgIpc) is 2.26. The van der Waals surface area contributed by atoms with Gasteiger partial charge in [0.2, 0.25) is 0 Å². The Morgan fingerprint density at radius 3 is 2.12 bits per heavy atom. The molecule has 0 saturated carbocycles. The van der Waals surface area contributed by atoms with Crippen molar-refractivity contribution in [3.63, 3.8) is 0 Å². The fourth-order valence-corrected chi connectivity index (χ4v) is 2.83. The van der Waals surface area contributed by atoms with Gasteiger partial charge in [0.25, 0.3) is 0 Å². The Morgan fingerprint density at radius 1 is 1.12 bits per heavy atom. The zero-order valence-electron chi connectivity index (χ0n) is 11.0. The summed E-state index contributed by atoms with van der Waals surface area (Å²) in [4.78, 5) is 0. The maximum Gasteiger partial charge on any atom is 0.158 e. The van der Waals surface area contributed by atoms with E-state index in [2.05, 4.69) is 13.8 Å². The first kappa shape index (κ1) is 16.1. The lowest BCUT2D eigenvalue weighted by Crippen LogP contribution is -2.21. The Bertz CT molecular complexity index is 179. The van der Waals surface area contributed by atoms with Crippen molar-refractivity contribution in [2.45, 2.75) is 46.8 Å². The molecule has 0 aliphatic rings. The molecule has 0 amide bonds. The Balaban J connectivity index is 3.77. The van der Waals surface area contributed by atoms with E-state index >= 15 is 0 Å². The fraction of sp³-hybridized carbons (Fsp3) is 1.00. The highest BCUT2D eigenvalue weighted by molar-refractivity contribution is 7.84. The Morgan fingerprint density at radius 2 is 1.69 bits per heavy atom. The minimum absolute atomic E-state index is 0.184. The molecule has 3 nitrogen and oxygen atoms in total. The summed E-state index contributed by atoms with van der Waals surface area (Å²) in [6.07, 6.45) is 1.63. The van der Waals surface area contributed by atoms with Gasteiger partial charge >= 0.3 is 0 Å². The van der Waals surface area contributed by atoms with E-state index in [4.69, 9.17) is 9.47 Å². The quantitative estimate of drug-likeness (QED) is 0.559. The third-order valence-electron chi connectivity index (χ3n) is 2.45. The highest BCUT2D eigenvalue weighted by atomic mass is 32.2. The summed E-state index contributed by atoms with van der Waals surface area (Å²) in [5, 5.41) is 0.